The average molecular weight is 332 g/mol. The van der Waals surface area contributed by atoms with Gasteiger partial charge in [-0.2, -0.15) is 0 Å². The van der Waals surface area contributed by atoms with E-state index in [0.717, 1.165) is 56.4 Å². The molecule has 2 aliphatic rings. The van der Waals surface area contributed by atoms with Gasteiger partial charge >= 0.3 is 0 Å². The van der Waals surface area contributed by atoms with Gasteiger partial charge < -0.3 is 9.47 Å². The van der Waals surface area contributed by atoms with Crippen molar-refractivity contribution in [3.8, 4) is 10.8 Å². The first-order valence-electron chi connectivity index (χ1n) is 8.06. The Balaban J connectivity index is 1.32. The molecule has 0 radical (unpaired) electrons. The van der Waals surface area contributed by atoms with Crippen LogP contribution in [0.5, 0.6) is 0 Å². The van der Waals surface area contributed by atoms with Crippen molar-refractivity contribution in [1.82, 2.24) is 19.9 Å². The number of hydrogen-bond donors (Lipinski definition) is 0. The van der Waals surface area contributed by atoms with Crippen molar-refractivity contribution >= 4 is 11.3 Å². The van der Waals surface area contributed by atoms with Gasteiger partial charge in [0.1, 0.15) is 0 Å². The summed E-state index contributed by atoms with van der Waals surface area (Å²) in [7, 11) is 0. The number of aromatic nitrogens is 3. The van der Waals surface area contributed by atoms with E-state index in [-0.39, 0.29) is 6.29 Å². The largest absolute Gasteiger partial charge is 0.350 e. The van der Waals surface area contributed by atoms with Gasteiger partial charge in [0.2, 0.25) is 0 Å². The summed E-state index contributed by atoms with van der Waals surface area (Å²) in [5, 5.41) is 3.00. The van der Waals surface area contributed by atoms with Crippen LogP contribution >= 0.6 is 11.3 Å². The number of hydrogen-bond acceptors (Lipinski definition) is 7. The predicted octanol–water partition coefficient (Wildman–Crippen LogP) is 2.18. The van der Waals surface area contributed by atoms with Crippen LogP contribution in [-0.4, -0.2) is 52.4 Å². The summed E-state index contributed by atoms with van der Waals surface area (Å²) < 4.78 is 11.3. The Morgan fingerprint density at radius 3 is 2.61 bits per heavy atom. The second-order valence-electron chi connectivity index (χ2n) is 5.94. The third-order valence-corrected chi connectivity index (χ3v) is 5.25. The molecule has 2 aromatic rings. The normalized spacial score (nSPS) is 21.0. The standard InChI is InChI=1S/C16H20N4O2S/c1-4-17-14(18-5-1)15-19-13(11-23-15)10-20-6-2-12(3-7-20)16-21-8-9-22-16/h1,4-5,11-12,16H,2-3,6-10H2. The predicted molar refractivity (Wildman–Crippen MR) is 86.8 cm³/mol. The van der Waals surface area contributed by atoms with Gasteiger partial charge in [0.25, 0.3) is 0 Å². The summed E-state index contributed by atoms with van der Waals surface area (Å²) in [5.74, 6) is 1.25. The fourth-order valence-electron chi connectivity index (χ4n) is 3.15. The molecule has 122 valence electrons. The van der Waals surface area contributed by atoms with E-state index >= 15 is 0 Å². The summed E-state index contributed by atoms with van der Waals surface area (Å²) in [6.07, 6.45) is 5.79. The maximum atomic E-state index is 5.63. The maximum Gasteiger partial charge on any atom is 0.188 e. The van der Waals surface area contributed by atoms with Gasteiger partial charge in [-0.25, -0.2) is 15.0 Å². The van der Waals surface area contributed by atoms with Crippen LogP contribution in [0.1, 0.15) is 18.5 Å². The first kappa shape index (κ1) is 15.1. The van der Waals surface area contributed by atoms with Crippen LogP contribution in [0.15, 0.2) is 23.8 Å². The number of thiazole rings is 1. The molecule has 0 amide bonds. The van der Waals surface area contributed by atoms with E-state index in [1.807, 2.05) is 6.07 Å². The van der Waals surface area contributed by atoms with E-state index in [0.29, 0.717) is 11.7 Å². The molecule has 4 rings (SSSR count). The molecule has 7 heteroatoms. The Labute approximate surface area is 139 Å². The highest BCUT2D eigenvalue weighted by Gasteiger charge is 2.30. The highest BCUT2D eigenvalue weighted by Crippen LogP contribution is 2.27. The third kappa shape index (κ3) is 3.58. The Hall–Kier alpha value is -1.41. The zero-order chi connectivity index (χ0) is 15.5. The zero-order valence-electron chi connectivity index (χ0n) is 12.9. The zero-order valence-corrected chi connectivity index (χ0v) is 13.7. The summed E-state index contributed by atoms with van der Waals surface area (Å²) >= 11 is 1.61. The second kappa shape index (κ2) is 7.00. The van der Waals surface area contributed by atoms with Gasteiger partial charge in [0.15, 0.2) is 17.1 Å². The van der Waals surface area contributed by atoms with Crippen LogP contribution in [-0.2, 0) is 16.0 Å². The van der Waals surface area contributed by atoms with Crippen molar-refractivity contribution in [3.63, 3.8) is 0 Å². The lowest BCUT2D eigenvalue weighted by Gasteiger charge is -2.33. The molecule has 0 spiro atoms. The Bertz CT molecular complexity index is 622. The molecule has 2 aromatic heterocycles. The minimum absolute atomic E-state index is 0.0262. The molecule has 0 N–H and O–H groups in total. The van der Waals surface area contributed by atoms with E-state index in [2.05, 4.69) is 25.2 Å². The van der Waals surface area contributed by atoms with Crippen LogP contribution in [0.4, 0.5) is 0 Å². The average Bonchev–Trinajstić information content (AvgIpc) is 3.28. The number of likely N-dealkylation sites (tertiary alicyclic amines) is 1. The third-order valence-electron chi connectivity index (χ3n) is 4.36. The highest BCUT2D eigenvalue weighted by molar-refractivity contribution is 7.13. The lowest BCUT2D eigenvalue weighted by atomic mass is 9.96. The number of nitrogens with zero attached hydrogens (tertiary/aromatic N) is 4. The van der Waals surface area contributed by atoms with Crippen LogP contribution in [0, 0.1) is 5.92 Å². The van der Waals surface area contributed by atoms with Gasteiger partial charge in [-0.1, -0.05) is 0 Å². The van der Waals surface area contributed by atoms with Gasteiger partial charge in [-0.05, 0) is 32.0 Å². The molecule has 0 unspecified atom stereocenters. The molecule has 6 nitrogen and oxygen atoms in total. The molecule has 2 aliphatic heterocycles. The molecular weight excluding hydrogens is 312 g/mol. The van der Waals surface area contributed by atoms with Crippen molar-refractivity contribution in [2.75, 3.05) is 26.3 Å². The lowest BCUT2D eigenvalue weighted by Crippen LogP contribution is -2.37. The fraction of sp³-hybridized carbons (Fsp3) is 0.562. The molecule has 4 heterocycles. The van der Waals surface area contributed by atoms with Gasteiger partial charge in [-0.3, -0.25) is 4.90 Å². The molecule has 0 saturated carbocycles. The van der Waals surface area contributed by atoms with E-state index in [1.165, 1.54) is 0 Å². The number of ether oxygens (including phenoxy) is 2. The minimum Gasteiger partial charge on any atom is -0.350 e. The van der Waals surface area contributed by atoms with Gasteiger partial charge in [-0.15, -0.1) is 11.3 Å². The van der Waals surface area contributed by atoms with Crippen molar-refractivity contribution in [2.45, 2.75) is 25.7 Å². The Morgan fingerprint density at radius 1 is 1.13 bits per heavy atom. The highest BCUT2D eigenvalue weighted by atomic mass is 32.1. The molecule has 2 fully saturated rings. The number of rotatable bonds is 4. The van der Waals surface area contributed by atoms with E-state index in [1.54, 1.807) is 23.7 Å². The first-order chi connectivity index (χ1) is 11.4. The van der Waals surface area contributed by atoms with Crippen LogP contribution in [0.2, 0.25) is 0 Å². The summed E-state index contributed by atoms with van der Waals surface area (Å²) in [6.45, 7) is 4.52. The van der Waals surface area contributed by atoms with E-state index in [9.17, 15) is 0 Å². The van der Waals surface area contributed by atoms with Gasteiger partial charge in [0.05, 0.1) is 18.9 Å². The summed E-state index contributed by atoms with van der Waals surface area (Å²) in [4.78, 5) is 15.6. The molecule has 2 saturated heterocycles. The maximum absolute atomic E-state index is 5.63. The fourth-order valence-corrected chi connectivity index (χ4v) is 3.91. The monoisotopic (exact) mass is 332 g/mol. The SMILES string of the molecule is c1cnc(-c2nc(CN3CCC(C4OCCO4)CC3)cs2)nc1. The topological polar surface area (TPSA) is 60.4 Å². The summed E-state index contributed by atoms with van der Waals surface area (Å²) in [6, 6.07) is 1.82. The van der Waals surface area contributed by atoms with Crippen molar-refractivity contribution in [1.29, 1.82) is 0 Å². The van der Waals surface area contributed by atoms with Crippen molar-refractivity contribution in [3.05, 3.63) is 29.5 Å². The van der Waals surface area contributed by atoms with Crippen LogP contribution < -0.4 is 0 Å². The lowest BCUT2D eigenvalue weighted by molar-refractivity contribution is -0.0978. The molecule has 23 heavy (non-hydrogen) atoms. The van der Waals surface area contributed by atoms with Crippen molar-refractivity contribution < 1.29 is 9.47 Å². The molecule has 0 aromatic carbocycles. The summed E-state index contributed by atoms with van der Waals surface area (Å²) in [5.41, 5.74) is 1.10. The number of piperidine rings is 1. The van der Waals surface area contributed by atoms with E-state index in [4.69, 9.17) is 9.47 Å². The molecule has 0 aliphatic carbocycles. The van der Waals surface area contributed by atoms with Crippen LogP contribution in [0.3, 0.4) is 0 Å². The smallest absolute Gasteiger partial charge is 0.188 e. The quantitative estimate of drug-likeness (QED) is 0.855. The molecule has 0 atom stereocenters. The minimum atomic E-state index is 0.0262. The Kier molecular flexibility index (Phi) is 4.61. The van der Waals surface area contributed by atoms with E-state index < -0.39 is 0 Å². The van der Waals surface area contributed by atoms with Crippen LogP contribution in [0.25, 0.3) is 10.8 Å². The van der Waals surface area contributed by atoms with Crippen molar-refractivity contribution in [2.24, 2.45) is 5.92 Å². The first-order valence-corrected chi connectivity index (χ1v) is 8.94. The molecular formula is C16H20N4O2S. The molecule has 0 bridgehead atoms. The van der Waals surface area contributed by atoms with Gasteiger partial charge in [0, 0.05) is 30.2 Å². The second-order valence-corrected chi connectivity index (χ2v) is 6.80. The Morgan fingerprint density at radius 2 is 1.87 bits per heavy atom.